The second kappa shape index (κ2) is 5.30. The molecule has 94 valence electrons. The molecule has 0 heterocycles. The van der Waals surface area contributed by atoms with E-state index in [1.807, 2.05) is 0 Å². The van der Waals surface area contributed by atoms with Crippen molar-refractivity contribution in [3.63, 3.8) is 0 Å². The molecule has 0 bridgehead atoms. The van der Waals surface area contributed by atoms with Crippen LogP contribution in [-0.2, 0) is 0 Å². The molecule has 1 aliphatic rings. The predicted octanol–water partition coefficient (Wildman–Crippen LogP) is 4.53. The molecule has 0 radical (unpaired) electrons. The lowest BCUT2D eigenvalue weighted by atomic mass is 9.81. The summed E-state index contributed by atoms with van der Waals surface area (Å²) in [6, 6.07) is 2.83. The highest BCUT2D eigenvalue weighted by molar-refractivity contribution is 5.57. The first-order valence-electron chi connectivity index (χ1n) is 6.23. The summed E-state index contributed by atoms with van der Waals surface area (Å²) in [5.74, 6) is -1.41. The van der Waals surface area contributed by atoms with Crippen molar-refractivity contribution in [1.29, 1.82) is 5.26 Å². The molecule has 3 heteroatoms. The molecule has 0 saturated heterocycles. The van der Waals surface area contributed by atoms with Gasteiger partial charge < -0.3 is 0 Å². The standard InChI is InChI=1S/C15H15F2N/c1-2-10-8-13(16)12(9-18)15(17)14(10)11-6-4-3-5-7-11/h2,8,11H,1,3-7H2. The highest BCUT2D eigenvalue weighted by Gasteiger charge is 2.25. The molecule has 0 amide bonds. The van der Waals surface area contributed by atoms with Crippen molar-refractivity contribution in [1.82, 2.24) is 0 Å². The van der Waals surface area contributed by atoms with E-state index in [0.29, 0.717) is 11.1 Å². The van der Waals surface area contributed by atoms with Gasteiger partial charge in [0.05, 0.1) is 0 Å². The van der Waals surface area contributed by atoms with Crippen LogP contribution in [0.15, 0.2) is 12.6 Å². The quantitative estimate of drug-likeness (QED) is 0.753. The first-order chi connectivity index (χ1) is 8.69. The van der Waals surface area contributed by atoms with Crippen LogP contribution in [0, 0.1) is 23.0 Å². The number of hydrogen-bond acceptors (Lipinski definition) is 1. The maximum atomic E-state index is 14.3. The van der Waals surface area contributed by atoms with Crippen molar-refractivity contribution in [2.75, 3.05) is 0 Å². The molecule has 0 unspecified atom stereocenters. The van der Waals surface area contributed by atoms with Crippen molar-refractivity contribution in [2.24, 2.45) is 0 Å². The molecule has 1 saturated carbocycles. The Morgan fingerprint density at radius 1 is 1.28 bits per heavy atom. The molecule has 18 heavy (non-hydrogen) atoms. The van der Waals surface area contributed by atoms with Crippen molar-refractivity contribution in [2.45, 2.75) is 38.0 Å². The minimum atomic E-state index is -0.801. The van der Waals surface area contributed by atoms with E-state index in [1.165, 1.54) is 12.1 Å². The average Bonchev–Trinajstić information content (AvgIpc) is 2.39. The zero-order chi connectivity index (χ0) is 13.1. The van der Waals surface area contributed by atoms with E-state index in [2.05, 4.69) is 6.58 Å². The van der Waals surface area contributed by atoms with Crippen molar-refractivity contribution >= 4 is 6.08 Å². The van der Waals surface area contributed by atoms with Gasteiger partial charge in [-0.3, -0.25) is 0 Å². The first-order valence-corrected chi connectivity index (χ1v) is 6.23. The molecule has 1 aliphatic carbocycles. The third kappa shape index (κ3) is 2.15. The number of halogens is 2. The Balaban J connectivity index is 2.56. The molecular formula is C15H15F2N. The summed E-state index contributed by atoms with van der Waals surface area (Å²) in [6.07, 6.45) is 6.54. The summed E-state index contributed by atoms with van der Waals surface area (Å²) in [6.45, 7) is 3.61. The molecule has 1 nitrogen and oxygen atoms in total. The third-order valence-corrected chi connectivity index (χ3v) is 3.63. The molecule has 0 atom stereocenters. The van der Waals surface area contributed by atoms with Crippen LogP contribution in [0.5, 0.6) is 0 Å². The fourth-order valence-electron chi connectivity index (χ4n) is 2.73. The minimum Gasteiger partial charge on any atom is -0.205 e. The maximum Gasteiger partial charge on any atom is 0.148 e. The number of hydrogen-bond donors (Lipinski definition) is 0. The van der Waals surface area contributed by atoms with Gasteiger partial charge >= 0.3 is 0 Å². The van der Waals surface area contributed by atoms with Crippen LogP contribution in [0.3, 0.4) is 0 Å². The van der Waals surface area contributed by atoms with E-state index >= 15 is 0 Å². The van der Waals surface area contributed by atoms with Crippen LogP contribution < -0.4 is 0 Å². The molecule has 1 aromatic rings. The Hall–Kier alpha value is -1.69. The van der Waals surface area contributed by atoms with E-state index in [0.717, 1.165) is 32.1 Å². The highest BCUT2D eigenvalue weighted by Crippen LogP contribution is 2.37. The van der Waals surface area contributed by atoms with Gasteiger partial charge in [-0.25, -0.2) is 8.78 Å². The molecule has 0 N–H and O–H groups in total. The summed E-state index contributed by atoms with van der Waals surface area (Å²) in [5.41, 5.74) is 0.486. The summed E-state index contributed by atoms with van der Waals surface area (Å²) >= 11 is 0. The minimum absolute atomic E-state index is 0.0828. The number of nitriles is 1. The van der Waals surface area contributed by atoms with Crippen LogP contribution in [0.1, 0.15) is 54.7 Å². The molecule has 0 aromatic heterocycles. The lowest BCUT2D eigenvalue weighted by Crippen LogP contribution is -2.10. The van der Waals surface area contributed by atoms with Crippen LogP contribution in [0.2, 0.25) is 0 Å². The van der Waals surface area contributed by atoms with Gasteiger partial charge in [0.1, 0.15) is 23.3 Å². The van der Waals surface area contributed by atoms with E-state index < -0.39 is 17.2 Å². The largest absolute Gasteiger partial charge is 0.205 e. The number of rotatable bonds is 2. The zero-order valence-corrected chi connectivity index (χ0v) is 10.2. The second-order valence-corrected chi connectivity index (χ2v) is 4.70. The Morgan fingerprint density at radius 2 is 1.94 bits per heavy atom. The summed E-state index contributed by atoms with van der Waals surface area (Å²) in [7, 11) is 0. The highest BCUT2D eigenvalue weighted by atomic mass is 19.1. The Labute approximate surface area is 106 Å². The smallest absolute Gasteiger partial charge is 0.148 e. The summed E-state index contributed by atoms with van der Waals surface area (Å²) in [5, 5.41) is 8.83. The molecule has 2 rings (SSSR count). The maximum absolute atomic E-state index is 14.3. The van der Waals surface area contributed by atoms with E-state index in [1.54, 1.807) is 6.07 Å². The van der Waals surface area contributed by atoms with Gasteiger partial charge in [-0.15, -0.1) is 0 Å². The van der Waals surface area contributed by atoms with Crippen molar-refractivity contribution in [3.05, 3.63) is 41.0 Å². The van der Waals surface area contributed by atoms with Crippen LogP contribution in [-0.4, -0.2) is 0 Å². The normalized spacial score (nSPS) is 16.3. The Morgan fingerprint density at radius 3 is 2.50 bits per heavy atom. The molecule has 0 aliphatic heterocycles. The molecule has 1 aromatic carbocycles. The molecular weight excluding hydrogens is 232 g/mol. The SMILES string of the molecule is C=Cc1cc(F)c(C#N)c(F)c1C1CCCCC1. The van der Waals surface area contributed by atoms with Gasteiger partial charge in [-0.1, -0.05) is 31.9 Å². The van der Waals surface area contributed by atoms with Crippen LogP contribution in [0.25, 0.3) is 6.08 Å². The van der Waals surface area contributed by atoms with E-state index in [9.17, 15) is 8.78 Å². The number of benzene rings is 1. The van der Waals surface area contributed by atoms with Gasteiger partial charge in [0, 0.05) is 0 Å². The monoisotopic (exact) mass is 247 g/mol. The lowest BCUT2D eigenvalue weighted by molar-refractivity contribution is 0.427. The fourth-order valence-corrected chi connectivity index (χ4v) is 2.73. The molecule has 0 spiro atoms. The predicted molar refractivity (Wildman–Crippen MR) is 67.0 cm³/mol. The van der Waals surface area contributed by atoms with E-state index in [4.69, 9.17) is 5.26 Å². The topological polar surface area (TPSA) is 23.8 Å². The Bertz CT molecular complexity index is 508. The summed E-state index contributed by atoms with van der Waals surface area (Å²) in [4.78, 5) is 0. The Kier molecular flexibility index (Phi) is 3.76. The van der Waals surface area contributed by atoms with Gasteiger partial charge in [0.15, 0.2) is 0 Å². The average molecular weight is 247 g/mol. The summed E-state index contributed by atoms with van der Waals surface area (Å²) < 4.78 is 27.8. The van der Waals surface area contributed by atoms with Gasteiger partial charge in [0.25, 0.3) is 0 Å². The van der Waals surface area contributed by atoms with Crippen LogP contribution in [0.4, 0.5) is 8.78 Å². The first kappa shape index (κ1) is 12.8. The van der Waals surface area contributed by atoms with Crippen LogP contribution >= 0.6 is 0 Å². The lowest BCUT2D eigenvalue weighted by Gasteiger charge is -2.24. The second-order valence-electron chi connectivity index (χ2n) is 4.70. The van der Waals surface area contributed by atoms with Crippen molar-refractivity contribution in [3.8, 4) is 6.07 Å². The fraction of sp³-hybridized carbons (Fsp3) is 0.400. The third-order valence-electron chi connectivity index (χ3n) is 3.63. The van der Waals surface area contributed by atoms with E-state index in [-0.39, 0.29) is 5.92 Å². The molecule has 1 fully saturated rings. The number of nitrogens with zero attached hydrogens (tertiary/aromatic N) is 1. The van der Waals surface area contributed by atoms with Gasteiger partial charge in [-0.2, -0.15) is 5.26 Å². The zero-order valence-electron chi connectivity index (χ0n) is 10.2. The van der Waals surface area contributed by atoms with Gasteiger partial charge in [-0.05, 0) is 36.0 Å². The van der Waals surface area contributed by atoms with Gasteiger partial charge in [0.2, 0.25) is 0 Å². The van der Waals surface area contributed by atoms with Crippen molar-refractivity contribution < 1.29 is 8.78 Å².